The molecule has 3 N–H and O–H groups in total. The van der Waals surface area contributed by atoms with E-state index in [1.165, 1.54) is 24.9 Å². The quantitative estimate of drug-likeness (QED) is 0.654. The highest BCUT2D eigenvalue weighted by atomic mass is 16.5. The van der Waals surface area contributed by atoms with Gasteiger partial charge in [0, 0.05) is 18.0 Å². The van der Waals surface area contributed by atoms with Gasteiger partial charge in [0.1, 0.15) is 5.75 Å². The molecule has 0 radical (unpaired) electrons. The number of para-hydroxylation sites is 1. The Balaban J connectivity index is 1.61. The van der Waals surface area contributed by atoms with Crippen LogP contribution in [0.25, 0.3) is 0 Å². The maximum absolute atomic E-state index is 6.06. The average molecular weight is 288 g/mol. The summed E-state index contributed by atoms with van der Waals surface area (Å²) in [7, 11) is 2.16. The third-order valence-electron chi connectivity index (χ3n) is 4.42. The maximum atomic E-state index is 6.06. The lowest BCUT2D eigenvalue weighted by molar-refractivity contribution is 0.262. The summed E-state index contributed by atoms with van der Waals surface area (Å²) in [5.41, 5.74) is 7.23. The van der Waals surface area contributed by atoms with Crippen molar-refractivity contribution in [3.63, 3.8) is 0 Å². The number of ether oxygens (including phenoxy) is 1. The van der Waals surface area contributed by atoms with E-state index in [4.69, 9.17) is 10.5 Å². The molecule has 3 rings (SSSR count). The number of rotatable bonds is 3. The first-order valence-electron chi connectivity index (χ1n) is 7.72. The Morgan fingerprint density at radius 2 is 2.29 bits per heavy atom. The molecule has 0 amide bonds. The number of fused-ring (bicyclic) bond motifs is 1. The molecule has 21 heavy (non-hydrogen) atoms. The van der Waals surface area contributed by atoms with Crippen LogP contribution in [0.4, 0.5) is 0 Å². The molecule has 0 aromatic heterocycles. The average Bonchev–Trinajstić information content (AvgIpc) is 2.91. The summed E-state index contributed by atoms with van der Waals surface area (Å²) >= 11 is 0. The number of benzene rings is 1. The summed E-state index contributed by atoms with van der Waals surface area (Å²) in [6, 6.07) is 8.85. The summed E-state index contributed by atoms with van der Waals surface area (Å²) in [5, 5.41) is 3.34. The van der Waals surface area contributed by atoms with Gasteiger partial charge in [-0.1, -0.05) is 18.2 Å². The topological polar surface area (TPSA) is 62.9 Å². The second-order valence-electron chi connectivity index (χ2n) is 5.87. The SMILES string of the molecule is CN1CCCC1CN=C(N)NC1CCOc2ccccc21. The van der Waals surface area contributed by atoms with Gasteiger partial charge in [-0.3, -0.25) is 4.99 Å². The van der Waals surface area contributed by atoms with Crippen LogP contribution in [0.5, 0.6) is 5.75 Å². The minimum atomic E-state index is 0.194. The predicted molar refractivity (Wildman–Crippen MR) is 84.6 cm³/mol. The van der Waals surface area contributed by atoms with Crippen LogP contribution < -0.4 is 15.8 Å². The summed E-state index contributed by atoms with van der Waals surface area (Å²) in [6.07, 6.45) is 3.39. The van der Waals surface area contributed by atoms with Crippen LogP contribution in [-0.2, 0) is 0 Å². The molecular formula is C16H24N4O. The summed E-state index contributed by atoms with van der Waals surface area (Å²) in [4.78, 5) is 6.89. The van der Waals surface area contributed by atoms with E-state index in [0.29, 0.717) is 18.6 Å². The Kier molecular flexibility index (Phi) is 4.29. The molecule has 1 aromatic carbocycles. The van der Waals surface area contributed by atoms with Crippen LogP contribution in [0.2, 0.25) is 0 Å². The monoisotopic (exact) mass is 288 g/mol. The molecule has 2 aliphatic heterocycles. The van der Waals surface area contributed by atoms with Gasteiger partial charge in [0.15, 0.2) is 5.96 Å². The van der Waals surface area contributed by atoms with Crippen molar-refractivity contribution in [2.24, 2.45) is 10.7 Å². The van der Waals surface area contributed by atoms with Gasteiger partial charge < -0.3 is 20.7 Å². The Labute approximate surface area is 126 Å². The maximum Gasteiger partial charge on any atom is 0.189 e. The molecule has 0 aliphatic carbocycles. The highest BCUT2D eigenvalue weighted by Gasteiger charge is 2.22. The first kappa shape index (κ1) is 14.2. The van der Waals surface area contributed by atoms with Crippen LogP contribution >= 0.6 is 0 Å². The standard InChI is InChI=1S/C16H24N4O/c1-20-9-4-5-12(20)11-18-16(17)19-14-8-10-21-15-7-3-2-6-13(14)15/h2-3,6-7,12,14H,4-5,8-11H2,1H3,(H3,17,18,19). The zero-order chi connectivity index (χ0) is 14.7. The Morgan fingerprint density at radius 1 is 1.43 bits per heavy atom. The number of nitrogens with two attached hydrogens (primary N) is 1. The number of likely N-dealkylation sites (tertiary alicyclic amines) is 1. The minimum absolute atomic E-state index is 0.194. The van der Waals surface area contributed by atoms with Gasteiger partial charge >= 0.3 is 0 Å². The van der Waals surface area contributed by atoms with Gasteiger partial charge in [-0.15, -0.1) is 0 Å². The molecule has 1 aromatic rings. The minimum Gasteiger partial charge on any atom is -0.493 e. The van der Waals surface area contributed by atoms with Gasteiger partial charge in [0.25, 0.3) is 0 Å². The Morgan fingerprint density at radius 3 is 3.10 bits per heavy atom. The second-order valence-corrected chi connectivity index (χ2v) is 5.87. The van der Waals surface area contributed by atoms with Crippen molar-refractivity contribution in [2.45, 2.75) is 31.3 Å². The number of hydrogen-bond acceptors (Lipinski definition) is 3. The number of nitrogens with one attached hydrogen (secondary N) is 1. The van der Waals surface area contributed by atoms with Crippen molar-refractivity contribution in [3.05, 3.63) is 29.8 Å². The van der Waals surface area contributed by atoms with E-state index in [2.05, 4.69) is 28.3 Å². The van der Waals surface area contributed by atoms with E-state index in [1.807, 2.05) is 18.2 Å². The van der Waals surface area contributed by atoms with Crippen molar-refractivity contribution in [1.82, 2.24) is 10.2 Å². The third kappa shape index (κ3) is 3.29. The molecule has 5 heteroatoms. The van der Waals surface area contributed by atoms with Crippen LogP contribution in [0, 0.1) is 0 Å². The van der Waals surface area contributed by atoms with Crippen molar-refractivity contribution in [2.75, 3.05) is 26.7 Å². The fourth-order valence-electron chi connectivity index (χ4n) is 3.13. The van der Waals surface area contributed by atoms with Crippen molar-refractivity contribution < 1.29 is 4.74 Å². The van der Waals surface area contributed by atoms with Crippen LogP contribution in [0.3, 0.4) is 0 Å². The zero-order valence-electron chi connectivity index (χ0n) is 12.6. The van der Waals surface area contributed by atoms with Crippen LogP contribution in [0.15, 0.2) is 29.3 Å². The largest absolute Gasteiger partial charge is 0.493 e. The Hall–Kier alpha value is -1.75. The lowest BCUT2D eigenvalue weighted by atomic mass is 10.0. The molecule has 2 unspecified atom stereocenters. The zero-order valence-corrected chi connectivity index (χ0v) is 12.6. The molecule has 1 saturated heterocycles. The van der Waals surface area contributed by atoms with Gasteiger partial charge in [-0.2, -0.15) is 0 Å². The second kappa shape index (κ2) is 6.35. The van der Waals surface area contributed by atoms with Gasteiger partial charge in [0.05, 0.1) is 19.2 Å². The number of aliphatic imine (C=N–C) groups is 1. The van der Waals surface area contributed by atoms with Crippen molar-refractivity contribution in [1.29, 1.82) is 0 Å². The van der Waals surface area contributed by atoms with Crippen LogP contribution in [-0.4, -0.2) is 43.6 Å². The predicted octanol–water partition coefficient (Wildman–Crippen LogP) is 1.51. The molecule has 1 fully saturated rings. The fourth-order valence-corrected chi connectivity index (χ4v) is 3.13. The third-order valence-corrected chi connectivity index (χ3v) is 4.42. The molecular weight excluding hydrogens is 264 g/mol. The number of hydrogen-bond donors (Lipinski definition) is 2. The number of likely N-dealkylation sites (N-methyl/N-ethyl adjacent to an activating group) is 1. The van der Waals surface area contributed by atoms with Gasteiger partial charge in [-0.05, 0) is 32.5 Å². The van der Waals surface area contributed by atoms with E-state index < -0.39 is 0 Å². The normalized spacial score (nSPS) is 26.2. The highest BCUT2D eigenvalue weighted by molar-refractivity contribution is 5.78. The van der Waals surface area contributed by atoms with E-state index in [0.717, 1.165) is 18.7 Å². The van der Waals surface area contributed by atoms with E-state index in [1.54, 1.807) is 0 Å². The van der Waals surface area contributed by atoms with Crippen molar-refractivity contribution >= 4 is 5.96 Å². The molecule has 0 spiro atoms. The molecule has 0 saturated carbocycles. The fraction of sp³-hybridized carbons (Fsp3) is 0.562. The van der Waals surface area contributed by atoms with E-state index in [-0.39, 0.29) is 6.04 Å². The van der Waals surface area contributed by atoms with Gasteiger partial charge in [0.2, 0.25) is 0 Å². The molecule has 5 nitrogen and oxygen atoms in total. The molecule has 114 valence electrons. The number of nitrogens with zero attached hydrogens (tertiary/aromatic N) is 2. The molecule has 2 atom stereocenters. The molecule has 0 bridgehead atoms. The molecule has 2 aliphatic rings. The van der Waals surface area contributed by atoms with E-state index in [9.17, 15) is 0 Å². The van der Waals surface area contributed by atoms with Gasteiger partial charge in [-0.25, -0.2) is 0 Å². The molecule has 2 heterocycles. The first-order valence-corrected chi connectivity index (χ1v) is 7.72. The van der Waals surface area contributed by atoms with Crippen molar-refractivity contribution in [3.8, 4) is 5.75 Å². The Bertz CT molecular complexity index is 517. The highest BCUT2D eigenvalue weighted by Crippen LogP contribution is 2.31. The first-order chi connectivity index (χ1) is 10.2. The number of guanidine groups is 1. The van der Waals surface area contributed by atoms with Crippen LogP contribution in [0.1, 0.15) is 30.9 Å². The smallest absolute Gasteiger partial charge is 0.189 e. The summed E-state index contributed by atoms with van der Waals surface area (Å²) in [6.45, 7) is 2.66. The lowest BCUT2D eigenvalue weighted by Crippen LogP contribution is -2.38. The summed E-state index contributed by atoms with van der Waals surface area (Å²) < 4.78 is 5.66. The summed E-state index contributed by atoms with van der Waals surface area (Å²) in [5.74, 6) is 1.49. The van der Waals surface area contributed by atoms with E-state index >= 15 is 0 Å². The lowest BCUT2D eigenvalue weighted by Gasteiger charge is -2.27.